The van der Waals surface area contributed by atoms with E-state index in [2.05, 4.69) is 30.8 Å². The van der Waals surface area contributed by atoms with Crippen LogP contribution >= 0.6 is 0 Å². The summed E-state index contributed by atoms with van der Waals surface area (Å²) in [5.74, 6) is 0.857. The third-order valence-electron chi connectivity index (χ3n) is 4.97. The first-order valence-electron chi connectivity index (χ1n) is 8.44. The molecule has 2 fully saturated rings. The molecule has 1 saturated carbocycles. The van der Waals surface area contributed by atoms with Gasteiger partial charge in [-0.2, -0.15) is 0 Å². The van der Waals surface area contributed by atoms with Gasteiger partial charge in [-0.05, 0) is 54.8 Å². The zero-order valence-electron chi connectivity index (χ0n) is 12.9. The number of hydrogen-bond acceptors (Lipinski definition) is 6. The SMILES string of the molecule is c1cc2nnnn2nc1NC1CCCN(C2CCCCC2)C1. The smallest absolute Gasteiger partial charge is 0.200 e. The topological polar surface area (TPSA) is 71.2 Å². The van der Waals surface area contributed by atoms with Gasteiger partial charge in [0, 0.05) is 18.6 Å². The Morgan fingerprint density at radius 1 is 1.05 bits per heavy atom. The fourth-order valence-electron chi connectivity index (χ4n) is 3.84. The molecule has 118 valence electrons. The molecule has 4 rings (SSSR count). The van der Waals surface area contributed by atoms with E-state index in [4.69, 9.17) is 0 Å². The molecule has 22 heavy (non-hydrogen) atoms. The predicted molar refractivity (Wildman–Crippen MR) is 83.7 cm³/mol. The lowest BCUT2D eigenvalue weighted by atomic mass is 9.92. The number of likely N-dealkylation sites (tertiary alicyclic amines) is 1. The summed E-state index contributed by atoms with van der Waals surface area (Å²) in [5.41, 5.74) is 0.679. The first-order valence-corrected chi connectivity index (χ1v) is 8.44. The molecule has 0 aromatic carbocycles. The molecule has 1 atom stereocenters. The molecule has 2 aromatic heterocycles. The van der Waals surface area contributed by atoms with Crippen molar-refractivity contribution >= 4 is 11.5 Å². The number of nitrogens with zero attached hydrogens (tertiary/aromatic N) is 6. The highest BCUT2D eigenvalue weighted by molar-refractivity contribution is 5.42. The Balaban J connectivity index is 1.41. The van der Waals surface area contributed by atoms with Crippen LogP contribution in [0.15, 0.2) is 12.1 Å². The normalized spacial score (nSPS) is 24.6. The van der Waals surface area contributed by atoms with Gasteiger partial charge >= 0.3 is 0 Å². The van der Waals surface area contributed by atoms with Gasteiger partial charge in [-0.25, -0.2) is 0 Å². The number of anilines is 1. The van der Waals surface area contributed by atoms with Crippen LogP contribution in [-0.4, -0.2) is 55.3 Å². The number of piperidine rings is 1. The zero-order chi connectivity index (χ0) is 14.8. The van der Waals surface area contributed by atoms with Gasteiger partial charge in [0.15, 0.2) is 5.65 Å². The van der Waals surface area contributed by atoms with Crippen LogP contribution in [0.4, 0.5) is 5.82 Å². The number of rotatable bonds is 3. The number of hydrogen-bond donors (Lipinski definition) is 1. The lowest BCUT2D eigenvalue weighted by molar-refractivity contribution is 0.124. The summed E-state index contributed by atoms with van der Waals surface area (Å²) in [6.45, 7) is 2.38. The van der Waals surface area contributed by atoms with Crippen molar-refractivity contribution in [2.75, 3.05) is 18.4 Å². The highest BCUT2D eigenvalue weighted by Gasteiger charge is 2.27. The average Bonchev–Trinajstić information content (AvgIpc) is 3.04. The number of aromatic nitrogens is 5. The van der Waals surface area contributed by atoms with Crippen molar-refractivity contribution in [2.24, 2.45) is 0 Å². The minimum absolute atomic E-state index is 0.470. The van der Waals surface area contributed by atoms with Gasteiger partial charge in [-0.3, -0.25) is 4.90 Å². The van der Waals surface area contributed by atoms with E-state index in [0.29, 0.717) is 11.7 Å². The second-order valence-electron chi connectivity index (χ2n) is 6.52. The molecule has 1 saturated heterocycles. The minimum Gasteiger partial charge on any atom is -0.365 e. The summed E-state index contributed by atoms with van der Waals surface area (Å²) in [6, 6.07) is 5.13. The van der Waals surface area contributed by atoms with Gasteiger partial charge in [0.05, 0.1) is 0 Å². The molecule has 1 unspecified atom stereocenters. The molecule has 2 aromatic rings. The van der Waals surface area contributed by atoms with Crippen LogP contribution in [0.3, 0.4) is 0 Å². The molecule has 0 bridgehead atoms. The lowest BCUT2D eigenvalue weighted by Gasteiger charge is -2.40. The average molecular weight is 301 g/mol. The second kappa shape index (κ2) is 6.16. The minimum atomic E-state index is 0.470. The van der Waals surface area contributed by atoms with Gasteiger partial charge in [0.1, 0.15) is 5.82 Å². The molecule has 0 amide bonds. The van der Waals surface area contributed by atoms with Crippen LogP contribution in [0.5, 0.6) is 0 Å². The largest absolute Gasteiger partial charge is 0.365 e. The molecule has 1 aliphatic heterocycles. The molecular weight excluding hydrogens is 278 g/mol. The summed E-state index contributed by atoms with van der Waals surface area (Å²) < 4.78 is 1.48. The summed E-state index contributed by atoms with van der Waals surface area (Å²) in [7, 11) is 0. The van der Waals surface area contributed by atoms with Gasteiger partial charge in [0.25, 0.3) is 0 Å². The van der Waals surface area contributed by atoms with Crippen molar-refractivity contribution in [3.8, 4) is 0 Å². The summed E-state index contributed by atoms with van der Waals surface area (Å²) >= 11 is 0. The van der Waals surface area contributed by atoms with Gasteiger partial charge in [-0.15, -0.1) is 14.8 Å². The van der Waals surface area contributed by atoms with E-state index in [9.17, 15) is 0 Å². The van der Waals surface area contributed by atoms with Crippen molar-refractivity contribution in [2.45, 2.75) is 57.0 Å². The van der Waals surface area contributed by atoms with E-state index >= 15 is 0 Å². The van der Waals surface area contributed by atoms with Crippen molar-refractivity contribution in [3.63, 3.8) is 0 Å². The van der Waals surface area contributed by atoms with Crippen molar-refractivity contribution in [3.05, 3.63) is 12.1 Å². The van der Waals surface area contributed by atoms with Crippen LogP contribution in [-0.2, 0) is 0 Å². The van der Waals surface area contributed by atoms with Crippen LogP contribution in [0.1, 0.15) is 44.9 Å². The zero-order valence-corrected chi connectivity index (χ0v) is 12.9. The predicted octanol–water partition coefficient (Wildman–Crippen LogP) is 1.73. The quantitative estimate of drug-likeness (QED) is 0.931. The number of nitrogens with one attached hydrogen (secondary N) is 1. The van der Waals surface area contributed by atoms with E-state index in [1.165, 1.54) is 56.1 Å². The second-order valence-corrected chi connectivity index (χ2v) is 6.52. The highest BCUT2D eigenvalue weighted by atomic mass is 15.6. The molecule has 0 radical (unpaired) electrons. The van der Waals surface area contributed by atoms with Crippen molar-refractivity contribution < 1.29 is 0 Å². The van der Waals surface area contributed by atoms with Gasteiger partial charge in [-0.1, -0.05) is 19.3 Å². The van der Waals surface area contributed by atoms with E-state index in [1.54, 1.807) is 0 Å². The Hall–Kier alpha value is -1.76. The monoisotopic (exact) mass is 301 g/mol. The molecule has 2 aliphatic rings. The number of tetrazole rings is 1. The Bertz CT molecular complexity index is 619. The number of fused-ring (bicyclic) bond motifs is 1. The third kappa shape index (κ3) is 2.90. The molecule has 7 nitrogen and oxygen atoms in total. The molecule has 3 heterocycles. The fraction of sp³-hybridized carbons (Fsp3) is 0.733. The Labute approximate surface area is 130 Å². The molecule has 1 aliphatic carbocycles. The maximum absolute atomic E-state index is 4.42. The summed E-state index contributed by atoms with van der Waals surface area (Å²) in [5, 5.41) is 19.3. The highest BCUT2D eigenvalue weighted by Crippen LogP contribution is 2.26. The van der Waals surface area contributed by atoms with Gasteiger partial charge in [0.2, 0.25) is 0 Å². The van der Waals surface area contributed by atoms with E-state index in [0.717, 1.165) is 18.4 Å². The third-order valence-corrected chi connectivity index (χ3v) is 4.97. The van der Waals surface area contributed by atoms with Crippen molar-refractivity contribution in [1.29, 1.82) is 0 Å². The first-order chi connectivity index (χ1) is 10.9. The summed E-state index contributed by atoms with van der Waals surface area (Å²) in [6.07, 6.45) is 9.44. The standard InChI is InChI=1S/C15H23N7/c1-2-6-13(7-3-1)21-10-4-5-12(11-21)16-14-8-9-15-17-19-20-22(15)18-14/h8-9,12-13H,1-7,10-11H2,(H,16,18). The molecule has 7 heteroatoms. The lowest BCUT2D eigenvalue weighted by Crippen LogP contribution is -2.47. The van der Waals surface area contributed by atoms with Crippen LogP contribution in [0.25, 0.3) is 5.65 Å². The summed E-state index contributed by atoms with van der Waals surface area (Å²) in [4.78, 5) is 2.69. The van der Waals surface area contributed by atoms with Crippen LogP contribution in [0, 0.1) is 0 Å². The van der Waals surface area contributed by atoms with Crippen LogP contribution < -0.4 is 5.32 Å². The Kier molecular flexibility index (Phi) is 3.88. The molecule has 1 N–H and O–H groups in total. The molecular formula is C15H23N7. The Morgan fingerprint density at radius 2 is 1.95 bits per heavy atom. The molecule has 0 spiro atoms. The van der Waals surface area contributed by atoms with E-state index < -0.39 is 0 Å². The Morgan fingerprint density at radius 3 is 2.86 bits per heavy atom. The van der Waals surface area contributed by atoms with Gasteiger partial charge < -0.3 is 5.32 Å². The maximum atomic E-state index is 4.42. The van der Waals surface area contributed by atoms with E-state index in [-0.39, 0.29) is 0 Å². The fourth-order valence-corrected chi connectivity index (χ4v) is 3.84. The van der Waals surface area contributed by atoms with Crippen LogP contribution in [0.2, 0.25) is 0 Å². The van der Waals surface area contributed by atoms with E-state index in [1.807, 2.05) is 12.1 Å². The van der Waals surface area contributed by atoms with Crippen molar-refractivity contribution in [1.82, 2.24) is 30.2 Å². The first kappa shape index (κ1) is 13.9. The maximum Gasteiger partial charge on any atom is 0.200 e.